The number of carbonyl (C=O) groups is 1. The van der Waals surface area contributed by atoms with Crippen LogP contribution in [0.3, 0.4) is 0 Å². The van der Waals surface area contributed by atoms with Crippen molar-refractivity contribution in [1.29, 1.82) is 0 Å². The van der Waals surface area contributed by atoms with Crippen LogP contribution in [0, 0.1) is 0 Å². The highest BCUT2D eigenvalue weighted by molar-refractivity contribution is 5.76. The lowest BCUT2D eigenvalue weighted by Crippen LogP contribution is -2.60. The smallest absolute Gasteiger partial charge is 0.220 e. The van der Waals surface area contributed by atoms with E-state index in [0.717, 1.165) is 51.4 Å². The van der Waals surface area contributed by atoms with E-state index in [0.29, 0.717) is 6.42 Å². The van der Waals surface area contributed by atoms with E-state index in [2.05, 4.69) is 55.6 Å². The third-order valence-corrected chi connectivity index (χ3v) is 13.1. The summed E-state index contributed by atoms with van der Waals surface area (Å²) in [7, 11) is 0. The lowest BCUT2D eigenvalue weighted by atomic mass is 9.99. The third kappa shape index (κ3) is 36.2. The number of aliphatic hydroxyl groups excluding tert-OH is 5. The maximum atomic E-state index is 13.0. The second-order valence-corrected chi connectivity index (χ2v) is 19.4. The Hall–Kier alpha value is -1.85. The summed E-state index contributed by atoms with van der Waals surface area (Å²) in [6.45, 7) is 3.75. The van der Waals surface area contributed by atoms with Crippen molar-refractivity contribution >= 4 is 5.91 Å². The molecule has 1 fully saturated rings. The summed E-state index contributed by atoms with van der Waals surface area (Å²) < 4.78 is 11.2. The van der Waals surface area contributed by atoms with Crippen molar-refractivity contribution in [3.8, 4) is 0 Å². The summed E-state index contributed by atoms with van der Waals surface area (Å²) >= 11 is 0. The molecule has 1 heterocycles. The van der Waals surface area contributed by atoms with Crippen LogP contribution in [-0.4, -0.2) is 87.5 Å². The van der Waals surface area contributed by atoms with Crippen molar-refractivity contribution in [2.45, 2.75) is 294 Å². The molecule has 386 valence electrons. The summed E-state index contributed by atoms with van der Waals surface area (Å²) in [4.78, 5) is 13.0. The van der Waals surface area contributed by atoms with Crippen molar-refractivity contribution in [1.82, 2.24) is 5.32 Å². The average Bonchev–Trinajstić information content (AvgIpc) is 3.32. The molecule has 7 unspecified atom stereocenters. The number of amides is 1. The Bertz CT molecular complexity index is 1170. The summed E-state index contributed by atoms with van der Waals surface area (Å²) in [5.74, 6) is -0.191. The number of allylic oxidation sites excluding steroid dienone is 7. The van der Waals surface area contributed by atoms with Gasteiger partial charge in [0.2, 0.25) is 5.91 Å². The molecule has 0 aromatic carbocycles. The third-order valence-electron chi connectivity index (χ3n) is 13.1. The summed E-state index contributed by atoms with van der Waals surface area (Å²) in [5.41, 5.74) is 0. The zero-order valence-corrected chi connectivity index (χ0v) is 42.7. The maximum absolute atomic E-state index is 13.0. The van der Waals surface area contributed by atoms with Crippen molar-refractivity contribution in [3.63, 3.8) is 0 Å². The first-order valence-corrected chi connectivity index (χ1v) is 27.9. The topological polar surface area (TPSA) is 149 Å². The molecule has 1 aliphatic heterocycles. The van der Waals surface area contributed by atoms with Gasteiger partial charge in [-0.3, -0.25) is 4.79 Å². The Labute approximate surface area is 405 Å². The van der Waals surface area contributed by atoms with Gasteiger partial charge in [-0.15, -0.1) is 0 Å². The molecule has 1 rings (SSSR count). The second kappa shape index (κ2) is 46.9. The van der Waals surface area contributed by atoms with Gasteiger partial charge < -0.3 is 40.3 Å². The molecule has 9 heteroatoms. The molecule has 66 heavy (non-hydrogen) atoms. The number of hydrogen-bond acceptors (Lipinski definition) is 8. The number of ether oxygens (including phenoxy) is 2. The lowest BCUT2D eigenvalue weighted by molar-refractivity contribution is -0.302. The molecule has 0 saturated carbocycles. The Kier molecular flexibility index (Phi) is 44.1. The van der Waals surface area contributed by atoms with Crippen molar-refractivity contribution in [2.24, 2.45) is 0 Å². The number of carbonyl (C=O) groups excluding carboxylic acids is 1. The van der Waals surface area contributed by atoms with Crippen molar-refractivity contribution in [2.75, 3.05) is 13.2 Å². The Balaban J connectivity index is 2.21. The van der Waals surface area contributed by atoms with E-state index in [-0.39, 0.29) is 12.5 Å². The standard InChI is InChI=1S/C57H105NO8/c1-3-5-7-9-11-13-15-17-19-20-21-22-23-24-25-26-27-28-29-30-31-33-35-37-39-41-43-45-47-53(61)58-50(49-65-57-56(64)55(63)54(62)52(48-59)66-57)51(60)46-44-42-40-38-36-34-32-18-16-14-12-10-8-6-4-2/h16,18,24-25,36,38,44,46,50-52,54-57,59-60,62-64H,3-15,17,19-23,26-35,37,39-43,45,47-49H2,1-2H3,(H,58,61)/b18-16+,25-24-,38-36+,46-44+. The molecular weight excluding hydrogens is 827 g/mol. The Morgan fingerprint density at radius 2 is 0.864 bits per heavy atom. The summed E-state index contributed by atoms with van der Waals surface area (Å²) in [6.07, 6.45) is 54.7. The lowest BCUT2D eigenvalue weighted by Gasteiger charge is -2.40. The predicted octanol–water partition coefficient (Wildman–Crippen LogP) is 13.3. The van der Waals surface area contributed by atoms with Gasteiger partial charge in [-0.05, 0) is 70.6 Å². The van der Waals surface area contributed by atoms with Gasteiger partial charge in [0.25, 0.3) is 0 Å². The van der Waals surface area contributed by atoms with Crippen LogP contribution in [0.25, 0.3) is 0 Å². The number of rotatable bonds is 47. The van der Waals surface area contributed by atoms with Gasteiger partial charge in [0.05, 0.1) is 25.4 Å². The van der Waals surface area contributed by atoms with E-state index in [1.165, 1.54) is 180 Å². The van der Waals surface area contributed by atoms with Gasteiger partial charge in [-0.1, -0.05) is 223 Å². The van der Waals surface area contributed by atoms with Crippen LogP contribution in [-0.2, 0) is 14.3 Å². The Morgan fingerprint density at radius 1 is 0.500 bits per heavy atom. The molecule has 0 aliphatic carbocycles. The van der Waals surface area contributed by atoms with Crippen LogP contribution in [0.4, 0.5) is 0 Å². The zero-order chi connectivity index (χ0) is 48.0. The van der Waals surface area contributed by atoms with E-state index < -0.39 is 49.5 Å². The van der Waals surface area contributed by atoms with Gasteiger partial charge in [0, 0.05) is 6.42 Å². The molecule has 0 bridgehead atoms. The normalized spacial score (nSPS) is 20.1. The van der Waals surface area contributed by atoms with E-state index >= 15 is 0 Å². The molecule has 0 radical (unpaired) electrons. The number of hydrogen-bond donors (Lipinski definition) is 6. The van der Waals surface area contributed by atoms with Crippen LogP contribution in [0.2, 0.25) is 0 Å². The van der Waals surface area contributed by atoms with Gasteiger partial charge >= 0.3 is 0 Å². The molecule has 1 saturated heterocycles. The van der Waals surface area contributed by atoms with Crippen LogP contribution < -0.4 is 5.32 Å². The fourth-order valence-electron chi connectivity index (χ4n) is 8.65. The monoisotopic (exact) mass is 932 g/mol. The number of aliphatic hydroxyl groups is 5. The summed E-state index contributed by atoms with van der Waals surface area (Å²) in [5, 5.41) is 54.3. The molecule has 0 spiro atoms. The molecule has 0 aromatic rings. The van der Waals surface area contributed by atoms with Crippen molar-refractivity contribution in [3.05, 3.63) is 48.6 Å². The quantitative estimate of drug-likeness (QED) is 0.0261. The van der Waals surface area contributed by atoms with Crippen molar-refractivity contribution < 1.29 is 39.8 Å². The minimum atomic E-state index is -1.57. The molecule has 0 aromatic heterocycles. The van der Waals surface area contributed by atoms with E-state index in [9.17, 15) is 30.3 Å². The minimum absolute atomic E-state index is 0.191. The minimum Gasteiger partial charge on any atom is -0.394 e. The number of unbranched alkanes of at least 4 members (excludes halogenated alkanes) is 31. The first kappa shape index (κ1) is 62.2. The first-order valence-electron chi connectivity index (χ1n) is 27.9. The molecule has 1 aliphatic rings. The SMILES string of the molecule is CCCCCCC/C=C/CC/C=C/CC/C=C/C(O)C(COC1OC(CO)C(O)C(O)C1O)NC(=O)CCCCCCCCCCCCCC/C=C\CCCCCCCCCCCCCC. The van der Waals surface area contributed by atoms with Crippen LogP contribution >= 0.6 is 0 Å². The highest BCUT2D eigenvalue weighted by Gasteiger charge is 2.44. The molecule has 6 N–H and O–H groups in total. The van der Waals surface area contributed by atoms with Crippen LogP contribution in [0.15, 0.2) is 48.6 Å². The van der Waals surface area contributed by atoms with E-state index in [1.807, 2.05) is 6.08 Å². The largest absolute Gasteiger partial charge is 0.394 e. The highest BCUT2D eigenvalue weighted by Crippen LogP contribution is 2.23. The Morgan fingerprint density at radius 3 is 1.27 bits per heavy atom. The van der Waals surface area contributed by atoms with Crippen LogP contribution in [0.5, 0.6) is 0 Å². The molecule has 1 amide bonds. The van der Waals surface area contributed by atoms with E-state index in [4.69, 9.17) is 9.47 Å². The average molecular weight is 932 g/mol. The van der Waals surface area contributed by atoms with Crippen LogP contribution in [0.1, 0.15) is 251 Å². The zero-order valence-electron chi connectivity index (χ0n) is 42.7. The van der Waals surface area contributed by atoms with Gasteiger partial charge in [0.15, 0.2) is 6.29 Å². The van der Waals surface area contributed by atoms with Gasteiger partial charge in [-0.2, -0.15) is 0 Å². The number of nitrogens with one attached hydrogen (secondary N) is 1. The molecular formula is C57H105NO8. The van der Waals surface area contributed by atoms with E-state index in [1.54, 1.807) is 6.08 Å². The second-order valence-electron chi connectivity index (χ2n) is 19.4. The first-order chi connectivity index (χ1) is 32.3. The predicted molar refractivity (Wildman–Crippen MR) is 276 cm³/mol. The van der Waals surface area contributed by atoms with Gasteiger partial charge in [-0.25, -0.2) is 0 Å². The fourth-order valence-corrected chi connectivity index (χ4v) is 8.65. The van der Waals surface area contributed by atoms with Gasteiger partial charge in [0.1, 0.15) is 24.4 Å². The highest BCUT2D eigenvalue weighted by atomic mass is 16.7. The fraction of sp³-hybridized carbons (Fsp3) is 0.842. The molecule has 7 atom stereocenters. The maximum Gasteiger partial charge on any atom is 0.220 e. The molecule has 9 nitrogen and oxygen atoms in total. The summed E-state index contributed by atoms with van der Waals surface area (Å²) in [6, 6.07) is -0.828.